The summed E-state index contributed by atoms with van der Waals surface area (Å²) in [4.78, 5) is 11.5. The Hall–Kier alpha value is -1.02. The van der Waals surface area contributed by atoms with Gasteiger partial charge in [-0.05, 0) is 12.0 Å². The monoisotopic (exact) mass is 239 g/mol. The number of alkyl halides is 1. The van der Waals surface area contributed by atoms with Crippen molar-refractivity contribution >= 4 is 17.5 Å². The number of carbonyl (C=O) groups is 1. The van der Waals surface area contributed by atoms with E-state index in [2.05, 4.69) is 5.32 Å². The van der Waals surface area contributed by atoms with Crippen LogP contribution in [-0.4, -0.2) is 12.5 Å². The van der Waals surface area contributed by atoms with Gasteiger partial charge in [-0.15, -0.1) is 11.6 Å². The Morgan fingerprint density at radius 3 is 2.56 bits per heavy atom. The summed E-state index contributed by atoms with van der Waals surface area (Å²) in [5.74, 6) is 0.128. The summed E-state index contributed by atoms with van der Waals surface area (Å²) in [6.07, 6.45) is 0.851. The largest absolute Gasteiger partial charge is 0.354 e. The molecule has 1 N–H and O–H groups in total. The number of nitrogens with one attached hydrogen (secondary N) is 1. The third kappa shape index (κ3) is 3.86. The maximum Gasteiger partial charge on any atom is 0.222 e. The Labute approximate surface area is 102 Å². The van der Waals surface area contributed by atoms with Crippen molar-refractivity contribution in [2.24, 2.45) is 5.92 Å². The highest BCUT2D eigenvalue weighted by Crippen LogP contribution is 2.18. The van der Waals surface area contributed by atoms with E-state index in [1.807, 2.05) is 44.2 Å². The molecule has 88 valence electrons. The van der Waals surface area contributed by atoms with Crippen molar-refractivity contribution in [3.63, 3.8) is 0 Å². The minimum atomic E-state index is -0.158. The molecular formula is C13H18ClNO. The van der Waals surface area contributed by atoms with Crippen LogP contribution in [0.3, 0.4) is 0 Å². The highest BCUT2D eigenvalue weighted by molar-refractivity contribution is 6.21. The number of hydrogen-bond acceptors (Lipinski definition) is 1. The average Bonchev–Trinajstić information content (AvgIpc) is 2.35. The maximum atomic E-state index is 11.5. The van der Waals surface area contributed by atoms with Crippen molar-refractivity contribution < 1.29 is 4.79 Å². The van der Waals surface area contributed by atoms with Crippen LogP contribution in [0.1, 0.15) is 31.2 Å². The van der Waals surface area contributed by atoms with Crippen molar-refractivity contribution in [1.82, 2.24) is 5.32 Å². The van der Waals surface area contributed by atoms with Crippen molar-refractivity contribution in [3.8, 4) is 0 Å². The van der Waals surface area contributed by atoms with Crippen molar-refractivity contribution in [2.45, 2.75) is 25.6 Å². The van der Waals surface area contributed by atoms with Gasteiger partial charge in [-0.2, -0.15) is 0 Å². The van der Waals surface area contributed by atoms with Crippen LogP contribution in [0, 0.1) is 5.92 Å². The second-order valence-electron chi connectivity index (χ2n) is 3.93. The predicted molar refractivity (Wildman–Crippen MR) is 67.5 cm³/mol. The molecule has 0 aromatic heterocycles. The van der Waals surface area contributed by atoms with Gasteiger partial charge >= 0.3 is 0 Å². The summed E-state index contributed by atoms with van der Waals surface area (Å²) in [6, 6.07) is 9.77. The van der Waals surface area contributed by atoms with E-state index in [1.54, 1.807) is 0 Å². The van der Waals surface area contributed by atoms with E-state index < -0.39 is 0 Å². The van der Waals surface area contributed by atoms with Crippen LogP contribution in [0.15, 0.2) is 30.3 Å². The number of rotatable bonds is 5. The zero-order valence-corrected chi connectivity index (χ0v) is 10.5. The lowest BCUT2D eigenvalue weighted by Crippen LogP contribution is -2.31. The fraction of sp³-hybridized carbons (Fsp3) is 0.462. The van der Waals surface area contributed by atoms with Gasteiger partial charge in [-0.25, -0.2) is 0 Å². The smallest absolute Gasteiger partial charge is 0.222 e. The zero-order chi connectivity index (χ0) is 12.0. The molecule has 3 heteroatoms. The van der Waals surface area contributed by atoms with E-state index in [0.29, 0.717) is 6.54 Å². The van der Waals surface area contributed by atoms with Gasteiger partial charge < -0.3 is 5.32 Å². The Kier molecular flexibility index (Phi) is 5.33. The Morgan fingerprint density at radius 2 is 2.00 bits per heavy atom. The molecule has 0 bridgehead atoms. The summed E-state index contributed by atoms with van der Waals surface area (Å²) < 4.78 is 0. The molecular weight excluding hydrogens is 222 g/mol. The number of hydrogen-bond donors (Lipinski definition) is 1. The second kappa shape index (κ2) is 6.54. The number of halogens is 1. The van der Waals surface area contributed by atoms with Gasteiger partial charge in [0.15, 0.2) is 0 Å². The van der Waals surface area contributed by atoms with Gasteiger partial charge in [0.2, 0.25) is 5.91 Å². The number of carbonyl (C=O) groups excluding carboxylic acids is 1. The van der Waals surface area contributed by atoms with Crippen LogP contribution >= 0.6 is 11.6 Å². The fourth-order valence-electron chi connectivity index (χ4n) is 1.33. The summed E-state index contributed by atoms with van der Waals surface area (Å²) in [5, 5.41) is 2.70. The van der Waals surface area contributed by atoms with Gasteiger partial charge in [0.25, 0.3) is 0 Å². The Morgan fingerprint density at radius 1 is 1.38 bits per heavy atom. The molecule has 2 nitrogen and oxygen atoms in total. The van der Waals surface area contributed by atoms with Crippen molar-refractivity contribution in [3.05, 3.63) is 35.9 Å². The van der Waals surface area contributed by atoms with E-state index in [1.165, 1.54) is 0 Å². The topological polar surface area (TPSA) is 29.1 Å². The molecule has 0 heterocycles. The van der Waals surface area contributed by atoms with Crippen molar-refractivity contribution in [2.75, 3.05) is 6.54 Å². The van der Waals surface area contributed by atoms with Crippen LogP contribution in [0.2, 0.25) is 0 Å². The van der Waals surface area contributed by atoms with E-state index in [-0.39, 0.29) is 17.2 Å². The molecule has 0 aliphatic carbocycles. The minimum absolute atomic E-state index is 0.0552. The molecule has 0 radical (unpaired) electrons. The SMILES string of the molecule is CCC(C)C(=O)NCC(Cl)c1ccccc1. The lowest BCUT2D eigenvalue weighted by atomic mass is 10.1. The molecule has 1 rings (SSSR count). The van der Waals surface area contributed by atoms with Crippen LogP contribution in [0.5, 0.6) is 0 Å². The van der Waals surface area contributed by atoms with E-state index in [4.69, 9.17) is 11.6 Å². The molecule has 0 spiro atoms. The molecule has 1 aromatic rings. The van der Waals surface area contributed by atoms with Crippen LogP contribution in [0.25, 0.3) is 0 Å². The minimum Gasteiger partial charge on any atom is -0.354 e. The third-order valence-electron chi connectivity index (χ3n) is 2.68. The first kappa shape index (κ1) is 13.0. The van der Waals surface area contributed by atoms with E-state index >= 15 is 0 Å². The van der Waals surface area contributed by atoms with Crippen LogP contribution in [0.4, 0.5) is 0 Å². The van der Waals surface area contributed by atoms with Crippen LogP contribution < -0.4 is 5.32 Å². The summed E-state index contributed by atoms with van der Waals surface area (Å²) in [5.41, 5.74) is 1.04. The molecule has 1 aromatic carbocycles. The number of benzene rings is 1. The Bertz CT molecular complexity index is 326. The van der Waals surface area contributed by atoms with Gasteiger partial charge in [0.1, 0.15) is 0 Å². The molecule has 0 fully saturated rings. The molecule has 0 saturated carbocycles. The third-order valence-corrected chi connectivity index (χ3v) is 3.08. The fourth-order valence-corrected chi connectivity index (χ4v) is 1.55. The summed E-state index contributed by atoms with van der Waals surface area (Å²) >= 11 is 6.18. The Balaban J connectivity index is 2.42. The molecule has 0 saturated heterocycles. The summed E-state index contributed by atoms with van der Waals surface area (Å²) in [7, 11) is 0. The first-order valence-electron chi connectivity index (χ1n) is 5.61. The van der Waals surface area contributed by atoms with Gasteiger partial charge in [0.05, 0.1) is 5.38 Å². The standard InChI is InChI=1S/C13H18ClNO/c1-3-10(2)13(16)15-9-12(14)11-7-5-4-6-8-11/h4-8,10,12H,3,9H2,1-2H3,(H,15,16). The van der Waals surface area contributed by atoms with E-state index in [9.17, 15) is 4.79 Å². The van der Waals surface area contributed by atoms with Crippen molar-refractivity contribution in [1.29, 1.82) is 0 Å². The highest BCUT2D eigenvalue weighted by atomic mass is 35.5. The highest BCUT2D eigenvalue weighted by Gasteiger charge is 2.13. The van der Waals surface area contributed by atoms with Gasteiger partial charge in [0, 0.05) is 12.5 Å². The average molecular weight is 240 g/mol. The number of amides is 1. The molecule has 16 heavy (non-hydrogen) atoms. The molecule has 1 amide bonds. The normalized spacial score (nSPS) is 14.2. The van der Waals surface area contributed by atoms with E-state index in [0.717, 1.165) is 12.0 Å². The zero-order valence-electron chi connectivity index (χ0n) is 9.74. The molecule has 2 unspecified atom stereocenters. The van der Waals surface area contributed by atoms with Gasteiger partial charge in [-0.3, -0.25) is 4.79 Å². The maximum absolute atomic E-state index is 11.5. The molecule has 0 aliphatic rings. The quantitative estimate of drug-likeness (QED) is 0.786. The lowest BCUT2D eigenvalue weighted by Gasteiger charge is -2.13. The molecule has 0 aliphatic heterocycles. The predicted octanol–water partition coefficient (Wildman–Crippen LogP) is 3.13. The molecule has 2 atom stereocenters. The first-order chi connectivity index (χ1) is 7.65. The summed E-state index contributed by atoms with van der Waals surface area (Å²) in [6.45, 7) is 4.40. The van der Waals surface area contributed by atoms with Crippen LogP contribution in [-0.2, 0) is 4.79 Å². The lowest BCUT2D eigenvalue weighted by molar-refractivity contribution is -0.124. The second-order valence-corrected chi connectivity index (χ2v) is 4.46. The van der Waals surface area contributed by atoms with Gasteiger partial charge in [-0.1, -0.05) is 44.2 Å². The first-order valence-corrected chi connectivity index (χ1v) is 6.05.